The lowest BCUT2D eigenvalue weighted by Crippen LogP contribution is -2.37. The maximum Gasteiger partial charge on any atom is 0.433 e. The Hall–Kier alpha value is -3.27. The molecule has 0 aliphatic rings. The number of alkyl halides is 3. The van der Waals surface area contributed by atoms with Crippen molar-refractivity contribution in [3.63, 3.8) is 0 Å². The van der Waals surface area contributed by atoms with Crippen molar-refractivity contribution in [3.8, 4) is 0 Å². The second-order valence-corrected chi connectivity index (χ2v) is 7.42. The molecule has 0 unspecified atom stereocenters. The summed E-state index contributed by atoms with van der Waals surface area (Å²) in [7, 11) is 0. The van der Waals surface area contributed by atoms with E-state index < -0.39 is 23.7 Å². The third kappa shape index (κ3) is 6.61. The first-order valence-corrected chi connectivity index (χ1v) is 10.2. The Bertz CT molecular complexity index is 1080. The summed E-state index contributed by atoms with van der Waals surface area (Å²) in [4.78, 5) is 27.6. The van der Waals surface area contributed by atoms with E-state index in [9.17, 15) is 22.8 Å². The number of amides is 2. The van der Waals surface area contributed by atoms with Crippen molar-refractivity contribution < 1.29 is 27.2 Å². The van der Waals surface area contributed by atoms with Gasteiger partial charge < -0.3 is 15.1 Å². The molecule has 0 atom stereocenters. The molecule has 31 heavy (non-hydrogen) atoms. The van der Waals surface area contributed by atoms with E-state index in [4.69, 9.17) is 4.42 Å². The molecule has 0 bridgehead atoms. The topological polar surface area (TPSA) is 84.2 Å². The number of carbonyl (C=O) groups excluding carboxylic acids is 2. The Morgan fingerprint density at radius 1 is 1.13 bits per heavy atom. The standard InChI is InChI=1S/C21H18F3N3O3S/c22-21(23,24)18-12-17(15-5-1-2-6-16(15)27-18)31-11-9-25-20(29)13-26-19(28)8-7-14-4-3-10-30-14/h1-8,10,12H,9,11,13H2,(H,25,29)(H,26,28)/b8-7+. The molecule has 0 saturated heterocycles. The molecule has 0 aliphatic carbocycles. The number of pyridine rings is 1. The summed E-state index contributed by atoms with van der Waals surface area (Å²) in [6, 6.07) is 11.0. The predicted octanol–water partition coefficient (Wildman–Crippen LogP) is 3.88. The van der Waals surface area contributed by atoms with Crippen molar-refractivity contribution in [2.75, 3.05) is 18.8 Å². The first kappa shape index (κ1) is 22.4. The van der Waals surface area contributed by atoms with Crippen LogP contribution in [0.15, 0.2) is 64.1 Å². The smallest absolute Gasteiger partial charge is 0.433 e. The lowest BCUT2D eigenvalue weighted by molar-refractivity contribution is -0.141. The molecule has 2 heterocycles. The van der Waals surface area contributed by atoms with Gasteiger partial charge in [0.15, 0.2) is 0 Å². The van der Waals surface area contributed by atoms with E-state index in [1.165, 1.54) is 36.2 Å². The summed E-state index contributed by atoms with van der Waals surface area (Å²) >= 11 is 1.19. The number of fused-ring (bicyclic) bond motifs is 1. The van der Waals surface area contributed by atoms with Crippen molar-refractivity contribution in [1.82, 2.24) is 15.6 Å². The van der Waals surface area contributed by atoms with Gasteiger partial charge in [0.1, 0.15) is 11.5 Å². The Balaban J connectivity index is 1.47. The van der Waals surface area contributed by atoms with E-state index in [1.807, 2.05) is 0 Å². The average molecular weight is 449 g/mol. The summed E-state index contributed by atoms with van der Waals surface area (Å²) in [5.41, 5.74) is -0.697. The molecule has 3 rings (SSSR count). The quantitative estimate of drug-likeness (QED) is 0.310. The molecule has 1 aromatic carbocycles. The van der Waals surface area contributed by atoms with Gasteiger partial charge in [-0.3, -0.25) is 9.59 Å². The van der Waals surface area contributed by atoms with Gasteiger partial charge in [-0.15, -0.1) is 11.8 Å². The van der Waals surface area contributed by atoms with Crippen LogP contribution >= 0.6 is 11.8 Å². The fraction of sp³-hybridized carbons (Fsp3) is 0.190. The highest BCUT2D eigenvalue weighted by atomic mass is 32.2. The summed E-state index contributed by atoms with van der Waals surface area (Å²) in [5, 5.41) is 5.66. The van der Waals surface area contributed by atoms with Crippen LogP contribution in [0.5, 0.6) is 0 Å². The van der Waals surface area contributed by atoms with Crippen molar-refractivity contribution in [1.29, 1.82) is 0 Å². The van der Waals surface area contributed by atoms with E-state index in [-0.39, 0.29) is 18.6 Å². The molecule has 0 fully saturated rings. The summed E-state index contributed by atoms with van der Waals surface area (Å²) in [6.45, 7) is 0.00199. The Kier molecular flexibility index (Phi) is 7.35. The monoisotopic (exact) mass is 449 g/mol. The molecule has 2 N–H and O–H groups in total. The van der Waals surface area contributed by atoms with Gasteiger partial charge in [-0.1, -0.05) is 18.2 Å². The zero-order valence-electron chi connectivity index (χ0n) is 16.1. The number of nitrogens with one attached hydrogen (secondary N) is 2. The molecule has 0 saturated carbocycles. The predicted molar refractivity (Wildman–Crippen MR) is 111 cm³/mol. The zero-order chi connectivity index (χ0) is 22.3. The van der Waals surface area contributed by atoms with Crippen molar-refractivity contribution >= 4 is 40.6 Å². The van der Waals surface area contributed by atoms with Crippen LogP contribution in [0.2, 0.25) is 0 Å². The van der Waals surface area contributed by atoms with Crippen LogP contribution in [0.4, 0.5) is 13.2 Å². The van der Waals surface area contributed by atoms with Gasteiger partial charge in [-0.2, -0.15) is 13.2 Å². The number of aromatic nitrogens is 1. The zero-order valence-corrected chi connectivity index (χ0v) is 16.9. The molecule has 2 amide bonds. The number of halogens is 3. The third-order valence-electron chi connectivity index (χ3n) is 4.02. The number of nitrogens with zero attached hydrogens (tertiary/aromatic N) is 1. The van der Waals surface area contributed by atoms with Crippen LogP contribution < -0.4 is 10.6 Å². The maximum absolute atomic E-state index is 13.1. The lowest BCUT2D eigenvalue weighted by Gasteiger charge is -2.12. The van der Waals surface area contributed by atoms with Gasteiger partial charge in [-0.05, 0) is 30.3 Å². The highest BCUT2D eigenvalue weighted by molar-refractivity contribution is 7.99. The average Bonchev–Trinajstić information content (AvgIpc) is 3.26. The number of carbonyl (C=O) groups is 2. The number of para-hydroxylation sites is 1. The van der Waals surface area contributed by atoms with Crippen molar-refractivity contribution in [2.24, 2.45) is 0 Å². The molecule has 6 nitrogen and oxygen atoms in total. The second kappa shape index (κ2) is 10.2. The highest BCUT2D eigenvalue weighted by Crippen LogP contribution is 2.34. The summed E-state index contributed by atoms with van der Waals surface area (Å²) in [6.07, 6.45) is -0.355. The summed E-state index contributed by atoms with van der Waals surface area (Å²) in [5.74, 6) is -0.00246. The second-order valence-electron chi connectivity index (χ2n) is 6.29. The normalized spacial score (nSPS) is 11.7. The minimum absolute atomic E-state index is 0.220. The maximum atomic E-state index is 13.1. The van der Waals surface area contributed by atoms with Crippen molar-refractivity contribution in [3.05, 3.63) is 66.3 Å². The number of hydrogen-bond donors (Lipinski definition) is 2. The number of hydrogen-bond acceptors (Lipinski definition) is 5. The Morgan fingerprint density at radius 3 is 2.68 bits per heavy atom. The third-order valence-corrected chi connectivity index (χ3v) is 5.07. The van der Waals surface area contributed by atoms with Crippen LogP contribution in [0.25, 0.3) is 17.0 Å². The minimum Gasteiger partial charge on any atom is -0.465 e. The largest absolute Gasteiger partial charge is 0.465 e. The van der Waals surface area contributed by atoms with Gasteiger partial charge in [0.25, 0.3) is 0 Å². The molecule has 0 spiro atoms. The first-order chi connectivity index (χ1) is 14.8. The van der Waals surface area contributed by atoms with E-state index >= 15 is 0 Å². The highest BCUT2D eigenvalue weighted by Gasteiger charge is 2.33. The van der Waals surface area contributed by atoms with Gasteiger partial charge in [0.2, 0.25) is 11.8 Å². The van der Waals surface area contributed by atoms with E-state index in [2.05, 4.69) is 15.6 Å². The number of rotatable bonds is 8. The van der Waals surface area contributed by atoms with E-state index in [1.54, 1.807) is 30.3 Å². The molecule has 162 valence electrons. The fourth-order valence-corrected chi connectivity index (χ4v) is 3.54. The molecule has 2 aromatic heterocycles. The Labute approximate surface area is 179 Å². The van der Waals surface area contributed by atoms with E-state index in [0.29, 0.717) is 21.8 Å². The van der Waals surface area contributed by atoms with Crippen molar-refractivity contribution in [2.45, 2.75) is 11.1 Å². The van der Waals surface area contributed by atoms with Crippen LogP contribution in [0.3, 0.4) is 0 Å². The van der Waals surface area contributed by atoms with Crippen LogP contribution in [-0.2, 0) is 15.8 Å². The number of benzene rings is 1. The minimum atomic E-state index is -4.54. The van der Waals surface area contributed by atoms with Crippen LogP contribution in [0.1, 0.15) is 11.5 Å². The molecular weight excluding hydrogens is 431 g/mol. The van der Waals surface area contributed by atoms with Gasteiger partial charge in [0, 0.05) is 28.7 Å². The first-order valence-electron chi connectivity index (χ1n) is 9.19. The van der Waals surface area contributed by atoms with E-state index in [0.717, 1.165) is 6.07 Å². The molecule has 3 aromatic rings. The molecule has 10 heteroatoms. The Morgan fingerprint density at radius 2 is 1.94 bits per heavy atom. The molecular formula is C21H18F3N3O3S. The van der Waals surface area contributed by atoms with Gasteiger partial charge in [0.05, 0.1) is 18.3 Å². The van der Waals surface area contributed by atoms with Gasteiger partial charge in [-0.25, -0.2) is 4.98 Å². The van der Waals surface area contributed by atoms with Gasteiger partial charge >= 0.3 is 6.18 Å². The lowest BCUT2D eigenvalue weighted by atomic mass is 10.2. The van der Waals surface area contributed by atoms with Crippen LogP contribution in [-0.4, -0.2) is 35.6 Å². The number of thioether (sulfide) groups is 1. The van der Waals surface area contributed by atoms with Crippen LogP contribution in [0, 0.1) is 0 Å². The number of furan rings is 1. The molecule has 0 aliphatic heterocycles. The fourth-order valence-electron chi connectivity index (χ4n) is 2.59. The molecule has 0 radical (unpaired) electrons. The summed E-state index contributed by atoms with van der Waals surface area (Å²) < 4.78 is 44.4. The SMILES string of the molecule is O=C(/C=C/c1ccco1)NCC(=O)NCCSc1cc(C(F)(F)F)nc2ccccc12.